The summed E-state index contributed by atoms with van der Waals surface area (Å²) in [6.07, 6.45) is 0.722. The zero-order valence-electron chi connectivity index (χ0n) is 20.8. The van der Waals surface area contributed by atoms with Crippen molar-refractivity contribution in [1.82, 2.24) is 19.8 Å². The van der Waals surface area contributed by atoms with E-state index >= 15 is 0 Å². The first-order chi connectivity index (χ1) is 16.0. The molecule has 1 fully saturated rings. The summed E-state index contributed by atoms with van der Waals surface area (Å²) in [5.41, 5.74) is 8.24. The molecule has 1 saturated heterocycles. The Bertz CT molecular complexity index is 984. The third kappa shape index (κ3) is 5.19. The molecule has 3 N–H and O–H groups in total. The van der Waals surface area contributed by atoms with Crippen molar-refractivity contribution in [2.45, 2.75) is 45.8 Å². The van der Waals surface area contributed by atoms with Crippen molar-refractivity contribution in [1.29, 1.82) is 0 Å². The van der Waals surface area contributed by atoms with Gasteiger partial charge in [0, 0.05) is 51.4 Å². The summed E-state index contributed by atoms with van der Waals surface area (Å²) < 4.78 is 5.53. The highest BCUT2D eigenvalue weighted by molar-refractivity contribution is 5.96. The van der Waals surface area contributed by atoms with Crippen molar-refractivity contribution < 1.29 is 14.7 Å². The van der Waals surface area contributed by atoms with E-state index in [1.165, 1.54) is 11.1 Å². The van der Waals surface area contributed by atoms with E-state index in [-0.39, 0.29) is 18.0 Å². The molecule has 3 aliphatic heterocycles. The first-order valence-corrected chi connectivity index (χ1v) is 11.8. The predicted molar refractivity (Wildman–Crippen MR) is 131 cm³/mol. The Kier molecular flexibility index (Phi) is 6.57. The van der Waals surface area contributed by atoms with Crippen molar-refractivity contribution in [3.8, 4) is 0 Å². The number of amides is 1. The minimum absolute atomic E-state index is 0.0414. The van der Waals surface area contributed by atoms with E-state index in [1.54, 1.807) is 11.0 Å². The van der Waals surface area contributed by atoms with Gasteiger partial charge in [-0.05, 0) is 58.9 Å². The Labute approximate surface area is 200 Å². The van der Waals surface area contributed by atoms with Crippen LogP contribution in [0.15, 0.2) is 22.4 Å². The van der Waals surface area contributed by atoms with Crippen molar-refractivity contribution in [3.63, 3.8) is 0 Å². The standard InChI is InChI=1S/C23H36N8O3/c1-15-10-28(5)7-6-8-31(15)21-25-18(20(24)27-33)9-19(26-21)29-11-16-13-30(14-17(16)12-29)22(32)34-23(2,3)4/h9,15,33H,6-8,10-14H2,1-5H3,(H2,24,27)/t15-/m0/s1. The fraction of sp³-hybridized carbons (Fsp3) is 0.652. The maximum Gasteiger partial charge on any atom is 0.410 e. The van der Waals surface area contributed by atoms with Gasteiger partial charge < -0.3 is 35.3 Å². The molecule has 1 atom stereocenters. The van der Waals surface area contributed by atoms with E-state index in [4.69, 9.17) is 15.5 Å². The van der Waals surface area contributed by atoms with Crippen LogP contribution in [-0.4, -0.2) is 101 Å². The normalized spacial score (nSPS) is 22.3. The summed E-state index contributed by atoms with van der Waals surface area (Å²) in [4.78, 5) is 30.4. The third-order valence-electron chi connectivity index (χ3n) is 6.38. The third-order valence-corrected chi connectivity index (χ3v) is 6.38. The van der Waals surface area contributed by atoms with Crippen LogP contribution < -0.4 is 15.5 Å². The summed E-state index contributed by atoms with van der Waals surface area (Å²) in [6.45, 7) is 13.0. The number of nitrogens with zero attached hydrogens (tertiary/aromatic N) is 7. The van der Waals surface area contributed by atoms with Crippen LogP contribution in [0.25, 0.3) is 0 Å². The lowest BCUT2D eigenvalue weighted by molar-refractivity contribution is 0.0297. The van der Waals surface area contributed by atoms with Crippen LogP contribution in [0.2, 0.25) is 0 Å². The molecular formula is C23H36N8O3. The fourth-order valence-electron chi connectivity index (χ4n) is 4.76. The molecule has 4 heterocycles. The number of carbonyl (C=O) groups excluding carboxylic acids is 1. The number of ether oxygens (including phenoxy) is 1. The van der Waals surface area contributed by atoms with Crippen molar-refractivity contribution in [2.24, 2.45) is 10.9 Å². The largest absolute Gasteiger partial charge is 0.444 e. The van der Waals surface area contributed by atoms with Crippen molar-refractivity contribution in [2.75, 3.05) is 62.7 Å². The Morgan fingerprint density at radius 1 is 1.18 bits per heavy atom. The van der Waals surface area contributed by atoms with Crippen LogP contribution in [0.4, 0.5) is 16.6 Å². The monoisotopic (exact) mass is 472 g/mol. The molecule has 0 saturated carbocycles. The number of carbonyl (C=O) groups is 1. The van der Waals surface area contributed by atoms with Gasteiger partial charge >= 0.3 is 6.09 Å². The summed E-state index contributed by atoms with van der Waals surface area (Å²) >= 11 is 0. The first-order valence-electron chi connectivity index (χ1n) is 11.8. The van der Waals surface area contributed by atoms with Gasteiger partial charge in [0.15, 0.2) is 5.84 Å². The molecule has 1 aromatic rings. The van der Waals surface area contributed by atoms with Crippen molar-refractivity contribution in [3.05, 3.63) is 22.9 Å². The van der Waals surface area contributed by atoms with Crippen LogP contribution in [0.3, 0.4) is 0 Å². The lowest BCUT2D eigenvalue weighted by atomic mass is 10.2. The van der Waals surface area contributed by atoms with Gasteiger partial charge in [0.1, 0.15) is 17.1 Å². The van der Waals surface area contributed by atoms with E-state index in [2.05, 4.69) is 38.8 Å². The molecular weight excluding hydrogens is 436 g/mol. The Hall–Kier alpha value is -3.08. The molecule has 0 spiro atoms. The SMILES string of the molecule is C[C@H]1CN(C)CCCN1c1nc(/C(N)=N/O)cc(N2CC3=C(CN(C(=O)OC(C)(C)C)C3)C2)n1. The van der Waals surface area contributed by atoms with Crippen LogP contribution in [-0.2, 0) is 4.74 Å². The van der Waals surface area contributed by atoms with E-state index in [1.807, 2.05) is 20.8 Å². The van der Waals surface area contributed by atoms with Gasteiger partial charge in [-0.2, -0.15) is 4.98 Å². The molecule has 4 rings (SSSR count). The average Bonchev–Trinajstić information content (AvgIpc) is 3.29. The number of rotatable bonds is 3. The molecule has 11 nitrogen and oxygen atoms in total. The molecule has 0 unspecified atom stereocenters. The molecule has 11 heteroatoms. The van der Waals surface area contributed by atoms with Crippen LogP contribution >= 0.6 is 0 Å². The molecule has 1 aromatic heterocycles. The van der Waals surface area contributed by atoms with E-state index < -0.39 is 5.60 Å². The lowest BCUT2D eigenvalue weighted by Gasteiger charge is -2.30. The van der Waals surface area contributed by atoms with Gasteiger partial charge in [0.25, 0.3) is 0 Å². The predicted octanol–water partition coefficient (Wildman–Crippen LogP) is 1.47. The van der Waals surface area contributed by atoms with Crippen LogP contribution in [0.5, 0.6) is 0 Å². The minimum atomic E-state index is -0.516. The Morgan fingerprint density at radius 2 is 1.85 bits per heavy atom. The number of oxime groups is 1. The summed E-state index contributed by atoms with van der Waals surface area (Å²) in [7, 11) is 2.12. The number of hydrogen-bond donors (Lipinski definition) is 2. The highest BCUT2D eigenvalue weighted by Gasteiger charge is 2.35. The number of likely N-dealkylation sites (N-methyl/N-ethyl adjacent to an activating group) is 1. The Morgan fingerprint density at radius 3 is 2.47 bits per heavy atom. The maximum atomic E-state index is 12.5. The molecule has 0 aliphatic carbocycles. The zero-order valence-corrected chi connectivity index (χ0v) is 20.8. The number of nitrogens with two attached hydrogens (primary N) is 1. The van der Waals surface area contributed by atoms with E-state index in [9.17, 15) is 10.0 Å². The average molecular weight is 473 g/mol. The minimum Gasteiger partial charge on any atom is -0.444 e. The molecule has 3 aliphatic rings. The van der Waals surface area contributed by atoms with Gasteiger partial charge in [-0.15, -0.1) is 0 Å². The van der Waals surface area contributed by atoms with Gasteiger partial charge in [-0.25, -0.2) is 9.78 Å². The zero-order chi connectivity index (χ0) is 24.6. The van der Waals surface area contributed by atoms with Gasteiger partial charge in [-0.3, -0.25) is 0 Å². The fourth-order valence-corrected chi connectivity index (χ4v) is 4.76. The van der Waals surface area contributed by atoms with Crippen molar-refractivity contribution >= 4 is 23.7 Å². The Balaban J connectivity index is 1.53. The number of amidine groups is 1. The quantitative estimate of drug-likeness (QED) is 0.221. The highest BCUT2D eigenvalue weighted by Crippen LogP contribution is 2.31. The number of aromatic nitrogens is 2. The van der Waals surface area contributed by atoms with Crippen LogP contribution in [0, 0.1) is 0 Å². The second kappa shape index (κ2) is 9.28. The second-order valence-corrected chi connectivity index (χ2v) is 10.5. The van der Waals surface area contributed by atoms with Gasteiger partial charge in [0.05, 0.1) is 0 Å². The topological polar surface area (TPSA) is 124 Å². The second-order valence-electron chi connectivity index (χ2n) is 10.5. The summed E-state index contributed by atoms with van der Waals surface area (Å²) in [6, 6.07) is 1.99. The molecule has 0 aromatic carbocycles. The molecule has 186 valence electrons. The van der Waals surface area contributed by atoms with E-state index in [0.717, 1.165) is 31.9 Å². The maximum absolute atomic E-state index is 12.5. The summed E-state index contributed by atoms with van der Waals surface area (Å²) in [5.74, 6) is 1.28. The molecule has 1 amide bonds. The highest BCUT2D eigenvalue weighted by atomic mass is 16.6. The number of hydrogen-bond acceptors (Lipinski definition) is 9. The van der Waals surface area contributed by atoms with Gasteiger partial charge in [-0.1, -0.05) is 5.16 Å². The lowest BCUT2D eigenvalue weighted by Crippen LogP contribution is -2.40. The molecule has 34 heavy (non-hydrogen) atoms. The first kappa shape index (κ1) is 24.1. The van der Waals surface area contributed by atoms with E-state index in [0.29, 0.717) is 37.8 Å². The smallest absolute Gasteiger partial charge is 0.410 e. The summed E-state index contributed by atoms with van der Waals surface area (Å²) in [5, 5.41) is 12.4. The molecule has 0 bridgehead atoms. The molecule has 0 radical (unpaired) electrons. The van der Waals surface area contributed by atoms with Crippen LogP contribution in [0.1, 0.15) is 39.8 Å². The number of anilines is 2. The van der Waals surface area contributed by atoms with Gasteiger partial charge in [0.2, 0.25) is 5.95 Å².